The van der Waals surface area contributed by atoms with Crippen molar-refractivity contribution in [3.05, 3.63) is 53.9 Å². The summed E-state index contributed by atoms with van der Waals surface area (Å²) in [7, 11) is 4.07. The van der Waals surface area contributed by atoms with E-state index in [1.807, 2.05) is 20.2 Å². The number of hydrogen-bond acceptors (Lipinski definition) is 5. The average Bonchev–Trinajstić information content (AvgIpc) is 2.59. The van der Waals surface area contributed by atoms with Gasteiger partial charge >= 0.3 is 0 Å². The van der Waals surface area contributed by atoms with Crippen LogP contribution in [-0.4, -0.2) is 43.0 Å². The lowest BCUT2D eigenvalue weighted by Gasteiger charge is -2.11. The number of rotatable bonds is 7. The van der Waals surface area contributed by atoms with E-state index in [0.29, 0.717) is 16.8 Å². The summed E-state index contributed by atoms with van der Waals surface area (Å²) in [5.74, 6) is -0.232. The van der Waals surface area contributed by atoms with Crippen LogP contribution in [0.4, 0.5) is 11.4 Å². The fourth-order valence-electron chi connectivity index (χ4n) is 2.12. The van der Waals surface area contributed by atoms with Gasteiger partial charge in [-0.05, 0) is 57.4 Å². The number of benzene rings is 1. The predicted octanol–water partition coefficient (Wildman–Crippen LogP) is 2.57. The summed E-state index contributed by atoms with van der Waals surface area (Å²) >= 11 is 0. The Hall–Kier alpha value is -2.91. The molecule has 0 aliphatic rings. The molecule has 0 atom stereocenters. The molecule has 6 nitrogen and oxygen atoms in total. The van der Waals surface area contributed by atoms with Crippen molar-refractivity contribution in [1.29, 1.82) is 5.26 Å². The highest BCUT2D eigenvalue weighted by Crippen LogP contribution is 2.13. The summed E-state index contributed by atoms with van der Waals surface area (Å²) in [6.45, 7) is 1.82. The van der Waals surface area contributed by atoms with Crippen molar-refractivity contribution in [2.24, 2.45) is 0 Å². The molecule has 2 rings (SSSR count). The Kier molecular flexibility index (Phi) is 6.29. The maximum atomic E-state index is 12.3. The number of carbonyl (C=O) groups is 1. The van der Waals surface area contributed by atoms with Crippen molar-refractivity contribution in [3.63, 3.8) is 0 Å². The number of aromatic nitrogens is 1. The molecule has 1 amide bonds. The van der Waals surface area contributed by atoms with Gasteiger partial charge in [-0.15, -0.1) is 0 Å². The second kappa shape index (κ2) is 8.65. The first-order valence-corrected chi connectivity index (χ1v) is 7.73. The monoisotopic (exact) mass is 323 g/mol. The third-order valence-corrected chi connectivity index (χ3v) is 3.38. The van der Waals surface area contributed by atoms with E-state index in [4.69, 9.17) is 5.26 Å². The highest BCUT2D eigenvalue weighted by Gasteiger charge is 2.07. The molecule has 0 radical (unpaired) electrons. The van der Waals surface area contributed by atoms with E-state index >= 15 is 0 Å². The Morgan fingerprint density at radius 1 is 1.21 bits per heavy atom. The van der Waals surface area contributed by atoms with Crippen LogP contribution >= 0.6 is 0 Å². The minimum atomic E-state index is -0.232. The number of hydrogen-bond donors (Lipinski definition) is 2. The first-order valence-electron chi connectivity index (χ1n) is 7.73. The Morgan fingerprint density at radius 3 is 2.62 bits per heavy atom. The molecule has 1 aromatic carbocycles. The molecule has 0 spiro atoms. The number of anilines is 2. The van der Waals surface area contributed by atoms with Gasteiger partial charge in [0.2, 0.25) is 0 Å². The molecular weight excluding hydrogens is 302 g/mol. The molecule has 24 heavy (non-hydrogen) atoms. The molecule has 124 valence electrons. The molecule has 0 bridgehead atoms. The zero-order valence-corrected chi connectivity index (χ0v) is 13.9. The third kappa shape index (κ3) is 5.38. The van der Waals surface area contributed by atoms with Crippen LogP contribution in [0.3, 0.4) is 0 Å². The first kappa shape index (κ1) is 17.4. The van der Waals surface area contributed by atoms with E-state index < -0.39 is 0 Å². The van der Waals surface area contributed by atoms with Gasteiger partial charge in [0, 0.05) is 24.6 Å². The van der Waals surface area contributed by atoms with Crippen LogP contribution in [0.5, 0.6) is 0 Å². The lowest BCUT2D eigenvalue weighted by molar-refractivity contribution is 0.102. The van der Waals surface area contributed by atoms with Crippen LogP contribution < -0.4 is 10.6 Å². The normalized spacial score (nSPS) is 10.2. The SMILES string of the molecule is CN(C)CCCNc1cncc(C(=O)Nc2ccc(C#N)cc2)c1. The summed E-state index contributed by atoms with van der Waals surface area (Å²) in [6, 6.07) is 10.6. The maximum absolute atomic E-state index is 12.3. The van der Waals surface area contributed by atoms with Crippen LogP contribution in [0.2, 0.25) is 0 Å². The fraction of sp³-hybridized carbons (Fsp3) is 0.278. The average molecular weight is 323 g/mol. The Bertz CT molecular complexity index is 719. The Labute approximate surface area is 142 Å². The molecule has 1 heterocycles. The van der Waals surface area contributed by atoms with Gasteiger partial charge in [0.15, 0.2) is 0 Å². The van der Waals surface area contributed by atoms with Crippen molar-refractivity contribution in [2.75, 3.05) is 37.8 Å². The van der Waals surface area contributed by atoms with E-state index in [2.05, 4.69) is 20.5 Å². The minimum Gasteiger partial charge on any atom is -0.384 e. The molecule has 0 aliphatic carbocycles. The van der Waals surface area contributed by atoms with Gasteiger partial charge in [0.25, 0.3) is 5.91 Å². The lowest BCUT2D eigenvalue weighted by Crippen LogP contribution is -2.17. The van der Waals surface area contributed by atoms with Crippen LogP contribution in [-0.2, 0) is 0 Å². The second-order valence-electron chi connectivity index (χ2n) is 5.69. The number of pyridine rings is 1. The van der Waals surface area contributed by atoms with Gasteiger partial charge in [-0.25, -0.2) is 0 Å². The van der Waals surface area contributed by atoms with Gasteiger partial charge in [0.05, 0.1) is 22.9 Å². The van der Waals surface area contributed by atoms with E-state index in [0.717, 1.165) is 25.2 Å². The number of nitriles is 1. The van der Waals surface area contributed by atoms with Crippen LogP contribution in [0.25, 0.3) is 0 Å². The van der Waals surface area contributed by atoms with E-state index in [1.54, 1.807) is 36.5 Å². The van der Waals surface area contributed by atoms with Crippen molar-refractivity contribution in [2.45, 2.75) is 6.42 Å². The third-order valence-electron chi connectivity index (χ3n) is 3.38. The summed E-state index contributed by atoms with van der Waals surface area (Å²) in [5, 5.41) is 14.8. The van der Waals surface area contributed by atoms with Crippen molar-refractivity contribution in [1.82, 2.24) is 9.88 Å². The van der Waals surface area contributed by atoms with Crippen LogP contribution in [0.15, 0.2) is 42.7 Å². The molecule has 0 aliphatic heterocycles. The van der Waals surface area contributed by atoms with Crippen molar-refractivity contribution >= 4 is 17.3 Å². The molecule has 2 N–H and O–H groups in total. The molecular formula is C18H21N5O. The van der Waals surface area contributed by atoms with Gasteiger partial charge in [-0.2, -0.15) is 5.26 Å². The van der Waals surface area contributed by atoms with Gasteiger partial charge < -0.3 is 15.5 Å². The molecule has 0 saturated carbocycles. The van der Waals surface area contributed by atoms with Gasteiger partial charge in [-0.3, -0.25) is 9.78 Å². The summed E-state index contributed by atoms with van der Waals surface area (Å²) in [4.78, 5) is 18.5. The Balaban J connectivity index is 1.94. The van der Waals surface area contributed by atoms with Crippen molar-refractivity contribution < 1.29 is 4.79 Å². The second-order valence-corrected chi connectivity index (χ2v) is 5.69. The van der Waals surface area contributed by atoms with Crippen LogP contribution in [0, 0.1) is 11.3 Å². The lowest BCUT2D eigenvalue weighted by atomic mass is 10.2. The highest BCUT2D eigenvalue weighted by molar-refractivity contribution is 6.04. The smallest absolute Gasteiger partial charge is 0.257 e. The fourth-order valence-corrected chi connectivity index (χ4v) is 2.12. The number of carbonyl (C=O) groups excluding carboxylic acids is 1. The van der Waals surface area contributed by atoms with E-state index in [1.165, 1.54) is 6.20 Å². The zero-order chi connectivity index (χ0) is 17.4. The van der Waals surface area contributed by atoms with E-state index in [9.17, 15) is 4.79 Å². The topological polar surface area (TPSA) is 81.1 Å². The molecule has 6 heteroatoms. The quantitative estimate of drug-likeness (QED) is 0.765. The molecule has 0 saturated heterocycles. The summed E-state index contributed by atoms with van der Waals surface area (Å²) in [5.41, 5.74) is 2.50. The standard InChI is InChI=1S/C18H21N5O/c1-23(2)9-3-8-21-17-10-15(12-20-13-17)18(24)22-16-6-4-14(11-19)5-7-16/h4-7,10,12-13,21H,3,8-9H2,1-2H3,(H,22,24). The number of amides is 1. The first-order chi connectivity index (χ1) is 11.6. The summed E-state index contributed by atoms with van der Waals surface area (Å²) < 4.78 is 0. The van der Waals surface area contributed by atoms with Gasteiger partial charge in [-0.1, -0.05) is 0 Å². The zero-order valence-electron chi connectivity index (χ0n) is 13.9. The summed E-state index contributed by atoms with van der Waals surface area (Å²) in [6.07, 6.45) is 4.24. The molecule has 2 aromatic rings. The minimum absolute atomic E-state index is 0.232. The number of nitrogens with one attached hydrogen (secondary N) is 2. The molecule has 1 aromatic heterocycles. The van der Waals surface area contributed by atoms with Crippen LogP contribution in [0.1, 0.15) is 22.3 Å². The predicted molar refractivity (Wildman–Crippen MR) is 95.0 cm³/mol. The van der Waals surface area contributed by atoms with E-state index in [-0.39, 0.29) is 5.91 Å². The molecule has 0 fully saturated rings. The van der Waals surface area contributed by atoms with Gasteiger partial charge in [0.1, 0.15) is 0 Å². The molecule has 0 unspecified atom stereocenters. The van der Waals surface area contributed by atoms with Crippen molar-refractivity contribution in [3.8, 4) is 6.07 Å². The maximum Gasteiger partial charge on any atom is 0.257 e. The largest absolute Gasteiger partial charge is 0.384 e. The number of nitrogens with zero attached hydrogens (tertiary/aromatic N) is 3. The highest BCUT2D eigenvalue weighted by atomic mass is 16.1. The Morgan fingerprint density at radius 2 is 1.96 bits per heavy atom.